The number of likely N-dealkylation sites (tertiary alicyclic amines) is 2. The number of anilines is 1. The van der Waals surface area contributed by atoms with Gasteiger partial charge in [-0.25, -0.2) is 9.59 Å². The summed E-state index contributed by atoms with van der Waals surface area (Å²) < 4.78 is 17.8. The summed E-state index contributed by atoms with van der Waals surface area (Å²) in [5.74, 6) is -7.44. The van der Waals surface area contributed by atoms with Gasteiger partial charge < -0.3 is 55.7 Å². The van der Waals surface area contributed by atoms with Crippen LogP contribution in [-0.4, -0.2) is 191 Å². The Bertz CT molecular complexity index is 3020. The number of unbranched alkanes of at least 4 members (excludes halogenated alkanes) is 3. The van der Waals surface area contributed by atoms with Gasteiger partial charge in [0.05, 0.1) is 54.0 Å². The van der Waals surface area contributed by atoms with Crippen LogP contribution in [0.4, 0.5) is 15.3 Å². The molecule has 0 aromatic heterocycles. The van der Waals surface area contributed by atoms with E-state index in [1.807, 2.05) is 58.0 Å². The van der Waals surface area contributed by atoms with E-state index in [2.05, 4.69) is 22.9 Å². The molecule has 4 rings (SSSR count). The number of nitrogens with one attached hydrogen (secondary N) is 3. The molecule has 100 heavy (non-hydrogen) atoms. The zero-order chi connectivity index (χ0) is 74.5. The topological polar surface area (TPSA) is 328 Å². The highest BCUT2D eigenvalue weighted by Gasteiger charge is 2.45. The van der Waals surface area contributed by atoms with E-state index in [0.717, 1.165) is 24.2 Å². The van der Waals surface area contributed by atoms with Crippen LogP contribution in [0.5, 0.6) is 0 Å². The Morgan fingerprint density at radius 2 is 1.41 bits per heavy atom. The van der Waals surface area contributed by atoms with Gasteiger partial charge in [0.1, 0.15) is 12.4 Å². The maximum Gasteiger partial charge on any atom is 0.410 e. The Hall–Kier alpha value is -7.25. The van der Waals surface area contributed by atoms with Crippen molar-refractivity contribution in [3.8, 4) is 0 Å². The van der Waals surface area contributed by atoms with Gasteiger partial charge in [-0.15, -0.1) is 11.8 Å². The van der Waals surface area contributed by atoms with Crippen molar-refractivity contribution in [1.82, 2.24) is 30.2 Å². The third-order valence-corrected chi connectivity index (χ3v) is 21.0. The number of benzene rings is 2. The van der Waals surface area contributed by atoms with E-state index >= 15 is 0 Å². The number of ketones is 3. The van der Waals surface area contributed by atoms with Crippen molar-refractivity contribution >= 4 is 88.3 Å². The molecule has 0 spiro atoms. The van der Waals surface area contributed by atoms with Crippen molar-refractivity contribution in [2.24, 2.45) is 53.1 Å². The molecule has 9 amide bonds. The van der Waals surface area contributed by atoms with Crippen LogP contribution in [-0.2, 0) is 75.2 Å². The van der Waals surface area contributed by atoms with Crippen LogP contribution in [0.2, 0.25) is 0 Å². The normalized spacial score (nSPS) is 17.7. The van der Waals surface area contributed by atoms with Crippen molar-refractivity contribution in [3.05, 3.63) is 65.7 Å². The number of amides is 9. The second-order valence-corrected chi connectivity index (χ2v) is 29.6. The summed E-state index contributed by atoms with van der Waals surface area (Å²) in [4.78, 5) is 168. The average Bonchev–Trinajstić information content (AvgIpc) is 1.30. The molecule has 2 aromatic carbocycles. The fourth-order valence-electron chi connectivity index (χ4n) is 13.7. The third-order valence-electron chi connectivity index (χ3n) is 19.8. The number of methoxy groups -OCH3 is 2. The number of rotatable bonds is 46. The molecule has 25 heteroatoms. The van der Waals surface area contributed by atoms with E-state index in [9.17, 15) is 62.6 Å². The van der Waals surface area contributed by atoms with E-state index in [4.69, 9.17) is 19.9 Å². The molecule has 12 atom stereocenters. The number of likely N-dealkylation sites (N-methyl/N-ethyl adjacent to an activating group) is 2. The van der Waals surface area contributed by atoms with Gasteiger partial charge in [-0.2, -0.15) is 0 Å². The minimum absolute atomic E-state index is 0.0975. The Balaban J connectivity index is 1.36. The lowest BCUT2D eigenvalue weighted by molar-refractivity contribution is -0.149. The van der Waals surface area contributed by atoms with Crippen LogP contribution in [0.15, 0.2) is 54.6 Å². The van der Waals surface area contributed by atoms with Gasteiger partial charge in [0, 0.05) is 103 Å². The SMILES string of the molecule is CCCCSC1CC(=O)N(CCCCCC(=O)N[C@H](C(=O)C[C@@H](CCCNC(N)=O)C(=O)Nc2ccc(COC(=O)N(C)[C@H](C(=O)C[C@H](C(=O)N(C)C([C@@H](C)CC)[C@@H](CC(=O)N3CCC[C@H]3[C@H](OC)[C@@H](C)C(=O)C[C@@H](Cc3ccccc3)C(=O)O)OC)C(C)C)C(C)C)cc2)C(C)C)C1=O. The van der Waals surface area contributed by atoms with Crippen molar-refractivity contribution in [2.45, 2.75) is 227 Å². The summed E-state index contributed by atoms with van der Waals surface area (Å²) in [6.45, 7) is 19.3. The molecule has 2 aliphatic rings. The molecule has 2 unspecified atom stereocenters. The van der Waals surface area contributed by atoms with Gasteiger partial charge >= 0.3 is 18.1 Å². The maximum atomic E-state index is 14.9. The first-order valence-corrected chi connectivity index (χ1v) is 37.0. The molecule has 2 saturated heterocycles. The number of nitrogens with zero attached hydrogens (tertiary/aromatic N) is 4. The predicted molar refractivity (Wildman–Crippen MR) is 384 cm³/mol. The van der Waals surface area contributed by atoms with Crippen LogP contribution < -0.4 is 21.7 Å². The van der Waals surface area contributed by atoms with Crippen molar-refractivity contribution in [3.63, 3.8) is 0 Å². The van der Waals surface area contributed by atoms with Crippen molar-refractivity contribution in [2.75, 3.05) is 59.0 Å². The van der Waals surface area contributed by atoms with Crippen molar-refractivity contribution in [1.29, 1.82) is 0 Å². The van der Waals surface area contributed by atoms with Gasteiger partial charge in [0.15, 0.2) is 11.6 Å². The number of primary amides is 1. The minimum atomic E-state index is -1.07. The Labute approximate surface area is 597 Å². The zero-order valence-corrected chi connectivity index (χ0v) is 62.6. The lowest BCUT2D eigenvalue weighted by Gasteiger charge is -2.41. The van der Waals surface area contributed by atoms with Crippen molar-refractivity contribution < 1.29 is 76.9 Å². The molecule has 2 heterocycles. The van der Waals surface area contributed by atoms with Crippen LogP contribution in [0.3, 0.4) is 0 Å². The monoisotopic (exact) mass is 1420 g/mol. The number of nitrogens with two attached hydrogens (primary N) is 1. The molecule has 558 valence electrons. The first-order chi connectivity index (χ1) is 47.4. The highest BCUT2D eigenvalue weighted by Crippen LogP contribution is 2.33. The standard InChI is InChI=1S/C75H116N8O16S/c1-15-17-38-100-62-44-65(89)83(72(62)92)36-23-19-22-30-63(87)79-66(47(5)6)59(85)40-53(28-24-35-77-74(76)95)70(90)78-55-33-31-52(32-34-55)45-99-75(96)81(12)67(48(7)8)60(86)42-56(46(3)4)71(91)80(11)68(49(9)16-2)61(97-13)43-64(88)82-37-25-29-57(82)69(98-14)50(10)58(84)41-54(73(93)94)39-51-26-20-18-21-27-51/h18,20-21,26-27,31-34,46-50,53-54,56-57,61-62,66-69H,15-17,19,22-25,28-30,35-45H2,1-14H3,(H,78,90)(H,79,87)(H,93,94)(H3,76,77,95)/t49-,50-,53+,54+,56-,57-,61+,62?,66-,67-,68?,69+/m0/s1. The summed E-state index contributed by atoms with van der Waals surface area (Å²) in [5, 5.41) is 18.0. The predicted octanol–water partition coefficient (Wildman–Crippen LogP) is 9.66. The minimum Gasteiger partial charge on any atom is -0.481 e. The Kier molecular flexibility index (Phi) is 36.5. The molecule has 0 bridgehead atoms. The van der Waals surface area contributed by atoms with Crippen LogP contribution in [0.25, 0.3) is 0 Å². The smallest absolute Gasteiger partial charge is 0.410 e. The fraction of sp³-hybridized carbons (Fsp3) is 0.680. The van der Waals surface area contributed by atoms with Crippen LogP contribution >= 0.6 is 11.8 Å². The molecular formula is C75H116N8O16S. The number of carbonyl (C=O) groups is 12. The first kappa shape index (κ1) is 85.2. The third kappa shape index (κ3) is 26.0. The van der Waals surface area contributed by atoms with Crippen LogP contribution in [0, 0.1) is 47.3 Å². The molecule has 6 N–H and O–H groups in total. The molecule has 0 radical (unpaired) electrons. The summed E-state index contributed by atoms with van der Waals surface area (Å²) >= 11 is 1.53. The quantitative estimate of drug-likeness (QED) is 0.0304. The second kappa shape index (κ2) is 42.9. The van der Waals surface area contributed by atoms with Gasteiger partial charge in [0.2, 0.25) is 35.4 Å². The summed E-state index contributed by atoms with van der Waals surface area (Å²) in [7, 11) is 6.13. The molecule has 24 nitrogen and oxygen atoms in total. The van der Waals surface area contributed by atoms with Gasteiger partial charge in [-0.05, 0) is 104 Å². The second-order valence-electron chi connectivity index (χ2n) is 28.2. The molecule has 0 aliphatic carbocycles. The van der Waals surface area contributed by atoms with E-state index in [1.165, 1.54) is 42.8 Å². The van der Waals surface area contributed by atoms with Crippen LogP contribution in [0.1, 0.15) is 183 Å². The van der Waals surface area contributed by atoms with E-state index in [-0.39, 0.29) is 134 Å². The number of urea groups is 1. The lowest BCUT2D eigenvalue weighted by atomic mass is 9.83. The Morgan fingerprint density at radius 1 is 0.740 bits per heavy atom. The number of ether oxygens (including phenoxy) is 3. The number of hydrogen-bond acceptors (Lipinski definition) is 16. The molecule has 0 saturated carbocycles. The van der Waals surface area contributed by atoms with E-state index in [0.29, 0.717) is 69.3 Å². The highest BCUT2D eigenvalue weighted by molar-refractivity contribution is 8.00. The lowest BCUT2D eigenvalue weighted by Crippen LogP contribution is -2.54. The number of carbonyl (C=O) groups excluding carboxylic acids is 11. The van der Waals surface area contributed by atoms with Gasteiger partial charge in [-0.1, -0.05) is 131 Å². The highest BCUT2D eigenvalue weighted by atomic mass is 32.2. The number of Topliss-reactive ketones (excluding diaryl/α,β-unsaturated/α-hetero) is 3. The molecule has 2 aliphatic heterocycles. The Morgan fingerprint density at radius 3 is 2.00 bits per heavy atom. The number of hydrogen-bond donors (Lipinski definition) is 5. The number of thioether (sulfide) groups is 1. The van der Waals surface area contributed by atoms with E-state index in [1.54, 1.807) is 75.7 Å². The summed E-state index contributed by atoms with van der Waals surface area (Å²) in [6.07, 6.45) is 3.52. The summed E-state index contributed by atoms with van der Waals surface area (Å²) in [5.41, 5.74) is 7.03. The average molecular weight is 1420 g/mol. The fourth-order valence-corrected chi connectivity index (χ4v) is 15.0. The van der Waals surface area contributed by atoms with E-state index < -0.39 is 90.0 Å². The first-order valence-electron chi connectivity index (χ1n) is 36.0. The maximum absolute atomic E-state index is 14.9. The molecule has 2 fully saturated rings. The number of aliphatic carboxylic acids is 1. The molecular weight excluding hydrogens is 1300 g/mol. The number of carboxylic acid groups (broad SMARTS) is 1. The zero-order valence-electron chi connectivity index (χ0n) is 61.8. The largest absolute Gasteiger partial charge is 0.481 e. The van der Waals surface area contributed by atoms with Gasteiger partial charge in [-0.3, -0.25) is 52.8 Å². The van der Waals surface area contributed by atoms with Gasteiger partial charge in [0.25, 0.3) is 0 Å². The number of imide groups is 1. The summed E-state index contributed by atoms with van der Waals surface area (Å²) in [6, 6.07) is 12.0. The number of carboxylic acids is 1. The molecule has 2 aromatic rings.